The molecule has 17 heavy (non-hydrogen) atoms. The normalized spacial score (nSPS) is 10.4. The third-order valence-corrected chi connectivity index (χ3v) is 1.87. The second-order valence-corrected chi connectivity index (χ2v) is 3.39. The topological polar surface area (TPSA) is 75.6 Å². The van der Waals surface area contributed by atoms with Crippen LogP contribution in [0.25, 0.3) is 6.08 Å². The third-order valence-electron chi connectivity index (χ3n) is 1.87. The van der Waals surface area contributed by atoms with E-state index in [0.717, 1.165) is 11.1 Å². The number of carboxylic acid groups (broad SMARTS) is 1. The lowest BCUT2D eigenvalue weighted by Gasteiger charge is -1.99. The van der Waals surface area contributed by atoms with E-state index in [1.807, 2.05) is 36.7 Å². The van der Waals surface area contributed by atoms with Crippen molar-refractivity contribution in [1.29, 1.82) is 0 Å². The molecule has 5 nitrogen and oxygen atoms in total. The van der Waals surface area contributed by atoms with Gasteiger partial charge in [0.2, 0.25) is 0 Å². The molecule has 0 aromatic heterocycles. The Balaban J connectivity index is 2.40. The molecular weight excluding hydrogens is 222 g/mol. The highest BCUT2D eigenvalue weighted by atomic mass is 16.7. The Labute approximate surface area is 98.7 Å². The smallest absolute Gasteiger partial charge is 0.332 e. The van der Waals surface area contributed by atoms with Crippen molar-refractivity contribution in [2.24, 2.45) is 0 Å². The molecule has 1 rings (SSSR count). The van der Waals surface area contributed by atoms with Crippen molar-refractivity contribution in [2.75, 3.05) is 6.61 Å². The van der Waals surface area contributed by atoms with Crippen LogP contribution in [0.1, 0.15) is 11.1 Å². The van der Waals surface area contributed by atoms with Crippen LogP contribution >= 0.6 is 0 Å². The molecule has 0 aliphatic heterocycles. The molecule has 5 heteroatoms. The minimum absolute atomic E-state index is 0.508. The van der Waals surface area contributed by atoms with Crippen molar-refractivity contribution in [1.82, 2.24) is 5.48 Å². The molecule has 0 radical (unpaired) electrons. The van der Waals surface area contributed by atoms with Crippen LogP contribution in [0.2, 0.25) is 0 Å². The molecule has 2 N–H and O–H groups in total. The zero-order valence-corrected chi connectivity index (χ0v) is 9.34. The first-order chi connectivity index (χ1) is 8.08. The lowest BCUT2D eigenvalue weighted by atomic mass is 10.1. The van der Waals surface area contributed by atoms with Crippen molar-refractivity contribution >= 4 is 18.0 Å². The molecule has 1 aromatic carbocycles. The lowest BCUT2D eigenvalue weighted by Crippen LogP contribution is -2.24. The van der Waals surface area contributed by atoms with E-state index in [4.69, 9.17) is 5.11 Å². The van der Waals surface area contributed by atoms with Crippen molar-refractivity contribution < 1.29 is 19.5 Å². The second kappa shape index (κ2) is 6.44. The van der Waals surface area contributed by atoms with Gasteiger partial charge in [-0.15, -0.1) is 0 Å². The number of carboxylic acids is 1. The highest BCUT2D eigenvalue weighted by molar-refractivity contribution is 5.91. The van der Waals surface area contributed by atoms with E-state index in [0.29, 0.717) is 0 Å². The summed E-state index contributed by atoms with van der Waals surface area (Å²) in [5.74, 6) is -1.65. The average molecular weight is 235 g/mol. The molecule has 1 aromatic rings. The van der Waals surface area contributed by atoms with E-state index < -0.39 is 18.5 Å². The fourth-order valence-electron chi connectivity index (χ4n) is 1.05. The number of hydrogen-bond acceptors (Lipinski definition) is 3. The molecule has 0 aliphatic rings. The number of aryl methyl sites for hydroxylation is 1. The average Bonchev–Trinajstić information content (AvgIpc) is 2.28. The largest absolute Gasteiger partial charge is 0.479 e. The second-order valence-electron chi connectivity index (χ2n) is 3.39. The molecule has 0 saturated carbocycles. The molecule has 0 fully saturated rings. The van der Waals surface area contributed by atoms with Gasteiger partial charge >= 0.3 is 5.97 Å². The Hall–Kier alpha value is -2.14. The number of carbonyl (C=O) groups excluding carboxylic acids is 1. The Bertz CT molecular complexity index is 423. The zero-order valence-electron chi connectivity index (χ0n) is 9.34. The maximum Gasteiger partial charge on any atom is 0.332 e. The summed E-state index contributed by atoms with van der Waals surface area (Å²) < 4.78 is 0. The van der Waals surface area contributed by atoms with Crippen molar-refractivity contribution in [3.63, 3.8) is 0 Å². The molecule has 0 bridgehead atoms. The summed E-state index contributed by atoms with van der Waals surface area (Å²) in [7, 11) is 0. The van der Waals surface area contributed by atoms with E-state index in [2.05, 4.69) is 4.84 Å². The van der Waals surface area contributed by atoms with Crippen LogP contribution in [0.4, 0.5) is 0 Å². The summed E-state index contributed by atoms with van der Waals surface area (Å²) in [4.78, 5) is 25.7. The molecule has 1 amide bonds. The number of nitrogens with one attached hydrogen (secondary N) is 1. The fraction of sp³-hybridized carbons (Fsp3) is 0.167. The van der Waals surface area contributed by atoms with Crippen LogP contribution in [-0.4, -0.2) is 23.6 Å². The predicted molar refractivity (Wildman–Crippen MR) is 61.9 cm³/mol. The summed E-state index contributed by atoms with van der Waals surface area (Å²) in [6.07, 6.45) is 2.88. The van der Waals surface area contributed by atoms with Gasteiger partial charge in [0.15, 0.2) is 6.61 Å². The highest BCUT2D eigenvalue weighted by Crippen LogP contribution is 2.04. The molecule has 0 aliphatic carbocycles. The monoisotopic (exact) mass is 235 g/mol. The number of amides is 1. The summed E-state index contributed by atoms with van der Waals surface area (Å²) in [6.45, 7) is 1.41. The van der Waals surface area contributed by atoms with Crippen LogP contribution in [0.5, 0.6) is 0 Å². The first kappa shape index (κ1) is 12.9. The number of carbonyl (C=O) groups is 2. The van der Waals surface area contributed by atoms with Gasteiger partial charge < -0.3 is 5.11 Å². The standard InChI is InChI=1S/C12H13NO4/c1-9-2-4-10(5-3-9)6-7-11(14)13-17-8-12(15)16/h2-7H,8H2,1H3,(H,13,14)(H,15,16). The maximum absolute atomic E-state index is 11.1. The molecule has 0 heterocycles. The van der Waals surface area contributed by atoms with Gasteiger partial charge in [0, 0.05) is 6.08 Å². The number of rotatable bonds is 5. The van der Waals surface area contributed by atoms with Crippen molar-refractivity contribution in [3.8, 4) is 0 Å². The molecule has 0 saturated heterocycles. The zero-order chi connectivity index (χ0) is 12.7. The molecular formula is C12H13NO4. The van der Waals surface area contributed by atoms with Gasteiger partial charge in [0.1, 0.15) is 0 Å². The predicted octanol–water partition coefficient (Wildman–Crippen LogP) is 1.14. The number of hydroxylamine groups is 1. The molecule has 0 atom stereocenters. The van der Waals surface area contributed by atoms with Crippen LogP contribution in [0.15, 0.2) is 30.3 Å². The molecule has 0 spiro atoms. The van der Waals surface area contributed by atoms with Gasteiger partial charge in [-0.1, -0.05) is 29.8 Å². The van der Waals surface area contributed by atoms with Crippen LogP contribution in [-0.2, 0) is 14.4 Å². The lowest BCUT2D eigenvalue weighted by molar-refractivity contribution is -0.147. The van der Waals surface area contributed by atoms with E-state index in [1.54, 1.807) is 6.08 Å². The van der Waals surface area contributed by atoms with Crippen molar-refractivity contribution in [3.05, 3.63) is 41.5 Å². The van der Waals surface area contributed by atoms with Crippen LogP contribution in [0, 0.1) is 6.92 Å². The Morgan fingerprint density at radius 2 is 2.00 bits per heavy atom. The minimum Gasteiger partial charge on any atom is -0.479 e. The van der Waals surface area contributed by atoms with E-state index in [-0.39, 0.29) is 0 Å². The van der Waals surface area contributed by atoms with Gasteiger partial charge in [0.05, 0.1) is 0 Å². The van der Waals surface area contributed by atoms with Gasteiger partial charge in [-0.3, -0.25) is 9.63 Å². The van der Waals surface area contributed by atoms with Crippen LogP contribution < -0.4 is 5.48 Å². The van der Waals surface area contributed by atoms with Gasteiger partial charge in [-0.05, 0) is 18.6 Å². The van der Waals surface area contributed by atoms with E-state index >= 15 is 0 Å². The summed E-state index contributed by atoms with van der Waals surface area (Å²) in [6, 6.07) is 7.60. The Kier molecular flexibility index (Phi) is 4.90. The first-order valence-electron chi connectivity index (χ1n) is 4.96. The van der Waals surface area contributed by atoms with Crippen molar-refractivity contribution in [2.45, 2.75) is 6.92 Å². The van der Waals surface area contributed by atoms with Crippen LogP contribution in [0.3, 0.4) is 0 Å². The Morgan fingerprint density at radius 3 is 2.59 bits per heavy atom. The minimum atomic E-state index is -1.15. The SMILES string of the molecule is Cc1ccc(C=CC(=O)NOCC(=O)O)cc1. The third kappa shape index (κ3) is 5.48. The quantitative estimate of drug-likeness (QED) is 0.592. The fourth-order valence-corrected chi connectivity index (χ4v) is 1.05. The van der Waals surface area contributed by atoms with Gasteiger partial charge in [-0.2, -0.15) is 0 Å². The highest BCUT2D eigenvalue weighted by Gasteiger charge is 1.98. The van der Waals surface area contributed by atoms with E-state index in [1.165, 1.54) is 6.08 Å². The first-order valence-corrected chi connectivity index (χ1v) is 4.96. The molecule has 0 unspecified atom stereocenters. The summed E-state index contributed by atoms with van der Waals surface area (Å²) >= 11 is 0. The summed E-state index contributed by atoms with van der Waals surface area (Å²) in [5, 5.41) is 8.27. The Morgan fingerprint density at radius 1 is 1.35 bits per heavy atom. The number of hydrogen-bond donors (Lipinski definition) is 2. The van der Waals surface area contributed by atoms with E-state index in [9.17, 15) is 9.59 Å². The maximum atomic E-state index is 11.1. The number of aliphatic carboxylic acids is 1. The van der Waals surface area contributed by atoms with Gasteiger partial charge in [0.25, 0.3) is 5.91 Å². The van der Waals surface area contributed by atoms with Gasteiger partial charge in [-0.25, -0.2) is 10.3 Å². The summed E-state index contributed by atoms with van der Waals surface area (Å²) in [5.41, 5.74) is 4.00. The number of benzene rings is 1. The molecule has 90 valence electrons.